The number of nitrogens with one attached hydrogen (secondary N) is 1. The van der Waals surface area contributed by atoms with E-state index in [1.165, 1.54) is 18.2 Å². The number of amides is 1. The number of carbonyl (C=O) groups excluding carboxylic acids is 1. The van der Waals surface area contributed by atoms with Crippen molar-refractivity contribution in [2.45, 2.75) is 25.2 Å². The molecule has 0 bridgehead atoms. The Balaban J connectivity index is 0.00000196. The van der Waals surface area contributed by atoms with Gasteiger partial charge in [-0.15, -0.1) is 0 Å². The fourth-order valence-corrected chi connectivity index (χ4v) is 4.17. The van der Waals surface area contributed by atoms with Gasteiger partial charge in [-0.3, -0.25) is 14.6 Å². The van der Waals surface area contributed by atoms with E-state index in [0.717, 1.165) is 19.0 Å². The van der Waals surface area contributed by atoms with Crippen LogP contribution in [0.4, 0.5) is 0 Å². The minimum atomic E-state index is -0.368. The molecule has 2 heterocycles. The Morgan fingerprint density at radius 2 is 2.08 bits per heavy atom. The highest BCUT2D eigenvalue weighted by molar-refractivity contribution is 5.92. The van der Waals surface area contributed by atoms with Crippen LogP contribution in [0.3, 0.4) is 0 Å². The average Bonchev–Trinajstić information content (AvgIpc) is 3.02. The van der Waals surface area contributed by atoms with Crippen LogP contribution in [0.5, 0.6) is 0 Å². The number of aromatic nitrogens is 2. The normalized spacial score (nSPS) is 20.9. The summed E-state index contributed by atoms with van der Waals surface area (Å²) in [5, 5.41) is 8.98. The van der Waals surface area contributed by atoms with Gasteiger partial charge in [0.15, 0.2) is 0 Å². The van der Waals surface area contributed by atoms with Gasteiger partial charge in [0.05, 0.1) is 24.0 Å². The molecule has 1 amide bonds. The van der Waals surface area contributed by atoms with Crippen molar-refractivity contribution in [3.63, 3.8) is 0 Å². The molecule has 25 heavy (non-hydrogen) atoms. The Kier molecular flexibility index (Phi) is 3.65. The van der Waals surface area contributed by atoms with Crippen molar-refractivity contribution >= 4 is 5.91 Å². The highest BCUT2D eigenvalue weighted by atomic mass is 16.2. The third-order valence-electron chi connectivity index (χ3n) is 5.61. The number of hydrogen-bond acceptors (Lipinski definition) is 4. The van der Waals surface area contributed by atoms with Gasteiger partial charge in [-0.05, 0) is 36.0 Å². The van der Waals surface area contributed by atoms with E-state index in [0.29, 0.717) is 18.7 Å². The zero-order chi connectivity index (χ0) is 17.4. The number of likely N-dealkylation sites (tertiary alicyclic amines) is 1. The lowest BCUT2D eigenvalue weighted by atomic mass is 9.61. The molecule has 1 saturated carbocycles. The van der Waals surface area contributed by atoms with Gasteiger partial charge in [-0.1, -0.05) is 18.6 Å². The summed E-state index contributed by atoms with van der Waals surface area (Å²) in [6.07, 6.45) is 5.95. The Labute approximate surface area is 146 Å². The Morgan fingerprint density at radius 3 is 2.68 bits per heavy atom. The molecule has 1 unspecified atom stereocenters. The summed E-state index contributed by atoms with van der Waals surface area (Å²) in [6, 6.07) is 9.82. The van der Waals surface area contributed by atoms with Crippen molar-refractivity contribution in [3.8, 4) is 6.07 Å². The number of hydrogen-bond donors (Lipinski definition) is 1. The van der Waals surface area contributed by atoms with Gasteiger partial charge in [0, 0.05) is 20.4 Å². The fraction of sp³-hybridized carbons (Fsp3) is 0.368. The molecule has 4 rings (SSSR count). The predicted molar refractivity (Wildman–Crippen MR) is 93.1 cm³/mol. The first-order valence-corrected chi connectivity index (χ1v) is 8.45. The second-order valence-electron chi connectivity index (χ2n) is 7.00. The molecule has 1 atom stereocenters. The summed E-state index contributed by atoms with van der Waals surface area (Å²) >= 11 is 0. The molecule has 1 aliphatic carbocycles. The average molecular weight is 336 g/mol. The maximum absolute atomic E-state index is 12.8. The lowest BCUT2D eigenvalue weighted by Gasteiger charge is -2.43. The Hall–Kier alpha value is -2.94. The van der Waals surface area contributed by atoms with Crippen LogP contribution >= 0.6 is 0 Å². The smallest absolute Gasteiger partial charge is 0.272 e. The molecule has 1 N–H and O–H groups in total. The summed E-state index contributed by atoms with van der Waals surface area (Å²) in [6.45, 7) is 1.33. The van der Waals surface area contributed by atoms with Crippen molar-refractivity contribution in [1.29, 1.82) is 5.26 Å². The molecule has 2 aromatic rings. The lowest BCUT2D eigenvalue weighted by molar-refractivity contribution is 0.0719. The van der Waals surface area contributed by atoms with E-state index in [-0.39, 0.29) is 29.9 Å². The topological polar surface area (TPSA) is 89.8 Å². The molecule has 1 saturated heterocycles. The van der Waals surface area contributed by atoms with Crippen LogP contribution < -0.4 is 5.56 Å². The van der Waals surface area contributed by atoms with E-state index in [2.05, 4.69) is 16.0 Å². The number of H-pyrrole nitrogens is 1. The molecule has 2 fully saturated rings. The monoisotopic (exact) mass is 336 g/mol. The molecule has 1 aromatic heterocycles. The predicted octanol–water partition coefficient (Wildman–Crippen LogP) is 2.30. The summed E-state index contributed by atoms with van der Waals surface area (Å²) in [5.41, 5.74) is 1.81. The van der Waals surface area contributed by atoms with Crippen LogP contribution in [0.25, 0.3) is 0 Å². The highest BCUT2D eigenvalue weighted by Gasteiger charge is 2.52. The minimum absolute atomic E-state index is 0. The zero-order valence-electron chi connectivity index (χ0n) is 13.7. The van der Waals surface area contributed by atoms with E-state index < -0.39 is 0 Å². The Bertz CT molecular complexity index is 912. The van der Waals surface area contributed by atoms with Crippen LogP contribution in [0.15, 0.2) is 41.5 Å². The zero-order valence-corrected chi connectivity index (χ0v) is 13.7. The van der Waals surface area contributed by atoms with E-state index >= 15 is 0 Å². The maximum atomic E-state index is 12.8. The first-order valence-electron chi connectivity index (χ1n) is 8.45. The number of carbonyl (C=O) groups is 1. The third kappa shape index (κ3) is 2.62. The summed E-state index contributed by atoms with van der Waals surface area (Å²) < 4.78 is 0. The van der Waals surface area contributed by atoms with Crippen molar-refractivity contribution in [2.75, 3.05) is 13.1 Å². The van der Waals surface area contributed by atoms with Gasteiger partial charge < -0.3 is 9.88 Å². The number of rotatable bonds is 2. The molecule has 128 valence electrons. The first-order chi connectivity index (χ1) is 12.1. The van der Waals surface area contributed by atoms with Gasteiger partial charge >= 0.3 is 0 Å². The lowest BCUT2D eigenvalue weighted by Crippen LogP contribution is -2.38. The first kappa shape index (κ1) is 15.6. The second kappa shape index (κ2) is 5.85. The van der Waals surface area contributed by atoms with E-state index in [4.69, 9.17) is 5.26 Å². The molecule has 1 aliphatic heterocycles. The largest absolute Gasteiger partial charge is 0.336 e. The third-order valence-corrected chi connectivity index (χ3v) is 5.61. The van der Waals surface area contributed by atoms with Gasteiger partial charge in [-0.2, -0.15) is 5.26 Å². The van der Waals surface area contributed by atoms with Crippen LogP contribution in [-0.4, -0.2) is 33.9 Å². The van der Waals surface area contributed by atoms with Crippen LogP contribution in [0.1, 0.15) is 48.2 Å². The summed E-state index contributed by atoms with van der Waals surface area (Å²) in [5.74, 6) is 0.0916. The fourth-order valence-electron chi connectivity index (χ4n) is 4.17. The van der Waals surface area contributed by atoms with Crippen molar-refractivity contribution in [3.05, 3.63) is 63.8 Å². The molecule has 1 spiro atoms. The minimum Gasteiger partial charge on any atom is -0.336 e. The van der Waals surface area contributed by atoms with Crippen LogP contribution in [-0.2, 0) is 0 Å². The van der Waals surface area contributed by atoms with Crippen molar-refractivity contribution in [1.82, 2.24) is 14.9 Å². The van der Waals surface area contributed by atoms with Gasteiger partial charge in [-0.25, -0.2) is 0 Å². The molecule has 1 aromatic carbocycles. The standard InChI is InChI=1S/C19H18N4O2.H2/c20-8-13-2-4-14(5-3-13)15-11-23(12-19(15)6-1-7-19)18(25)16-9-21-10-17(24)22-16;/h2-5,9-10,15H,1,6-7,11-12H2,(H,22,24);1H. The van der Waals surface area contributed by atoms with Gasteiger partial charge in [0.2, 0.25) is 0 Å². The maximum Gasteiger partial charge on any atom is 0.272 e. The second-order valence-corrected chi connectivity index (χ2v) is 7.00. The van der Waals surface area contributed by atoms with Crippen LogP contribution in [0, 0.1) is 16.7 Å². The van der Waals surface area contributed by atoms with Crippen LogP contribution in [0.2, 0.25) is 0 Å². The number of benzene rings is 1. The Morgan fingerprint density at radius 1 is 1.32 bits per heavy atom. The van der Waals surface area contributed by atoms with E-state index in [1.54, 1.807) is 0 Å². The number of aromatic amines is 1. The molecule has 6 nitrogen and oxygen atoms in total. The van der Waals surface area contributed by atoms with Gasteiger partial charge in [0.25, 0.3) is 11.5 Å². The van der Waals surface area contributed by atoms with E-state index in [1.807, 2.05) is 29.2 Å². The van der Waals surface area contributed by atoms with Crippen molar-refractivity contribution in [2.24, 2.45) is 5.41 Å². The van der Waals surface area contributed by atoms with E-state index in [9.17, 15) is 9.59 Å². The SMILES string of the molecule is N#Cc1ccc(C2CN(C(=O)c3cncc(=O)[nH]3)CC23CCC3)cc1.[HH]. The molecular weight excluding hydrogens is 316 g/mol. The molecule has 2 aliphatic rings. The quantitative estimate of drug-likeness (QED) is 0.911. The molecular formula is C19H20N4O2. The summed E-state index contributed by atoms with van der Waals surface area (Å²) in [4.78, 5) is 32.4. The van der Waals surface area contributed by atoms with Gasteiger partial charge in [0.1, 0.15) is 5.69 Å². The summed E-state index contributed by atoms with van der Waals surface area (Å²) in [7, 11) is 0. The molecule has 6 heteroatoms. The van der Waals surface area contributed by atoms with Crippen molar-refractivity contribution < 1.29 is 6.22 Å². The highest BCUT2D eigenvalue weighted by Crippen LogP contribution is 2.55. The molecule has 0 radical (unpaired) electrons. The number of nitrogens with zero attached hydrogens (tertiary/aromatic N) is 3. The number of nitriles is 1.